The van der Waals surface area contributed by atoms with Gasteiger partial charge < -0.3 is 10.1 Å². The summed E-state index contributed by atoms with van der Waals surface area (Å²) < 4.78 is 5.38. The van der Waals surface area contributed by atoms with Crippen LogP contribution in [-0.2, 0) is 0 Å². The van der Waals surface area contributed by atoms with E-state index in [1.54, 1.807) is 19.4 Å². The first-order chi connectivity index (χ1) is 6.72. The van der Waals surface area contributed by atoms with Crippen LogP contribution in [0.3, 0.4) is 0 Å². The Morgan fingerprint density at radius 2 is 2.36 bits per heavy atom. The number of hydrogen-bond acceptors (Lipinski definition) is 4. The van der Waals surface area contributed by atoms with Crippen molar-refractivity contribution >= 4 is 5.82 Å². The molecule has 0 unspecified atom stereocenters. The summed E-state index contributed by atoms with van der Waals surface area (Å²) in [6, 6.07) is 0. The van der Waals surface area contributed by atoms with Gasteiger partial charge in [-0.3, -0.25) is 4.98 Å². The third kappa shape index (κ3) is 3.43. The molecule has 76 valence electrons. The highest BCUT2D eigenvalue weighted by Crippen LogP contribution is 2.09. The van der Waals surface area contributed by atoms with Crippen molar-refractivity contribution in [3.05, 3.63) is 24.5 Å². The van der Waals surface area contributed by atoms with Gasteiger partial charge in [-0.25, -0.2) is 0 Å². The van der Waals surface area contributed by atoms with Gasteiger partial charge in [0.1, 0.15) is 5.82 Å². The van der Waals surface area contributed by atoms with E-state index in [4.69, 9.17) is 4.74 Å². The fraction of sp³-hybridized carbons (Fsp3) is 0.400. The standard InChI is InChI=1S/C10H15N3O/c1-8(2)4-5-14-10-7-12-6-9(11-3)13-10/h6-7H,1,4-5H2,2-3H3,(H,11,13). The molecule has 4 heteroatoms. The summed E-state index contributed by atoms with van der Waals surface area (Å²) in [5.41, 5.74) is 1.10. The molecule has 0 aromatic carbocycles. The van der Waals surface area contributed by atoms with E-state index in [1.165, 1.54) is 0 Å². The molecule has 1 aromatic heterocycles. The third-order valence-corrected chi connectivity index (χ3v) is 1.65. The minimum Gasteiger partial charge on any atom is -0.476 e. The van der Waals surface area contributed by atoms with Gasteiger partial charge in [-0.15, -0.1) is 6.58 Å². The molecule has 0 aliphatic carbocycles. The number of hydrogen-bond donors (Lipinski definition) is 1. The number of aromatic nitrogens is 2. The maximum Gasteiger partial charge on any atom is 0.234 e. The van der Waals surface area contributed by atoms with Crippen molar-refractivity contribution in [2.75, 3.05) is 19.0 Å². The zero-order chi connectivity index (χ0) is 10.4. The molecule has 0 radical (unpaired) electrons. The topological polar surface area (TPSA) is 47.0 Å². The molecule has 0 saturated heterocycles. The minimum atomic E-state index is 0.540. The van der Waals surface area contributed by atoms with E-state index in [-0.39, 0.29) is 0 Å². The largest absolute Gasteiger partial charge is 0.476 e. The molecule has 0 atom stereocenters. The van der Waals surface area contributed by atoms with E-state index in [9.17, 15) is 0 Å². The lowest BCUT2D eigenvalue weighted by molar-refractivity contribution is 0.308. The van der Waals surface area contributed by atoms with E-state index in [1.807, 2.05) is 6.92 Å². The molecular formula is C10H15N3O. The lowest BCUT2D eigenvalue weighted by atomic mass is 10.3. The second kappa shape index (κ2) is 5.21. The fourth-order valence-corrected chi connectivity index (χ4v) is 0.868. The van der Waals surface area contributed by atoms with Crippen LogP contribution in [0.2, 0.25) is 0 Å². The highest BCUT2D eigenvalue weighted by Gasteiger charge is 1.97. The molecule has 1 heterocycles. The summed E-state index contributed by atoms with van der Waals surface area (Å²) in [7, 11) is 1.79. The molecule has 1 aromatic rings. The molecule has 0 spiro atoms. The predicted octanol–water partition coefficient (Wildman–Crippen LogP) is 1.86. The Balaban J connectivity index is 2.46. The highest BCUT2D eigenvalue weighted by atomic mass is 16.5. The summed E-state index contributed by atoms with van der Waals surface area (Å²) >= 11 is 0. The predicted molar refractivity (Wildman–Crippen MR) is 56.5 cm³/mol. The van der Waals surface area contributed by atoms with Crippen LogP contribution in [0.15, 0.2) is 24.5 Å². The molecule has 1 rings (SSSR count). The van der Waals surface area contributed by atoms with Crippen molar-refractivity contribution < 1.29 is 4.74 Å². The molecule has 14 heavy (non-hydrogen) atoms. The Morgan fingerprint density at radius 3 is 3.00 bits per heavy atom. The monoisotopic (exact) mass is 193 g/mol. The SMILES string of the molecule is C=C(C)CCOc1cncc(NC)n1. The van der Waals surface area contributed by atoms with Gasteiger partial charge in [0.25, 0.3) is 0 Å². The van der Waals surface area contributed by atoms with Gasteiger partial charge in [0.05, 0.1) is 19.0 Å². The number of nitrogens with zero attached hydrogens (tertiary/aromatic N) is 2. The van der Waals surface area contributed by atoms with Gasteiger partial charge in [-0.05, 0) is 6.92 Å². The molecule has 0 saturated carbocycles. The van der Waals surface area contributed by atoms with Crippen molar-refractivity contribution in [2.24, 2.45) is 0 Å². The van der Waals surface area contributed by atoms with Crippen LogP contribution in [0.4, 0.5) is 5.82 Å². The Hall–Kier alpha value is -1.58. The highest BCUT2D eigenvalue weighted by molar-refractivity contribution is 5.31. The van der Waals surface area contributed by atoms with Gasteiger partial charge in [0, 0.05) is 13.5 Å². The van der Waals surface area contributed by atoms with Gasteiger partial charge in [-0.2, -0.15) is 4.98 Å². The van der Waals surface area contributed by atoms with E-state index in [0.717, 1.165) is 12.0 Å². The molecule has 0 bridgehead atoms. The van der Waals surface area contributed by atoms with Crippen LogP contribution in [-0.4, -0.2) is 23.6 Å². The molecule has 0 amide bonds. The average molecular weight is 193 g/mol. The first kappa shape index (κ1) is 10.5. The maximum atomic E-state index is 5.38. The maximum absolute atomic E-state index is 5.38. The van der Waals surface area contributed by atoms with Crippen molar-refractivity contribution in [3.63, 3.8) is 0 Å². The Kier molecular flexibility index (Phi) is 3.91. The zero-order valence-corrected chi connectivity index (χ0v) is 8.58. The molecule has 4 nitrogen and oxygen atoms in total. The number of ether oxygens (including phenoxy) is 1. The summed E-state index contributed by atoms with van der Waals surface area (Å²) in [4.78, 5) is 8.14. The number of anilines is 1. The summed E-state index contributed by atoms with van der Waals surface area (Å²) in [5.74, 6) is 1.25. The second-order valence-corrected chi connectivity index (χ2v) is 3.05. The van der Waals surface area contributed by atoms with E-state index < -0.39 is 0 Å². The molecular weight excluding hydrogens is 178 g/mol. The molecule has 1 N–H and O–H groups in total. The summed E-state index contributed by atoms with van der Waals surface area (Å²) in [5, 5.41) is 2.90. The molecule has 0 aliphatic heterocycles. The smallest absolute Gasteiger partial charge is 0.234 e. The van der Waals surface area contributed by atoms with Crippen molar-refractivity contribution in [1.29, 1.82) is 0 Å². The van der Waals surface area contributed by atoms with Crippen LogP contribution in [0.5, 0.6) is 5.88 Å². The van der Waals surface area contributed by atoms with Gasteiger partial charge in [-0.1, -0.05) is 5.57 Å². The number of rotatable bonds is 5. The third-order valence-electron chi connectivity index (χ3n) is 1.65. The van der Waals surface area contributed by atoms with Gasteiger partial charge in [0.2, 0.25) is 5.88 Å². The van der Waals surface area contributed by atoms with E-state index >= 15 is 0 Å². The number of nitrogens with one attached hydrogen (secondary N) is 1. The zero-order valence-electron chi connectivity index (χ0n) is 8.58. The normalized spacial score (nSPS) is 9.57. The van der Waals surface area contributed by atoms with Crippen LogP contribution < -0.4 is 10.1 Å². The molecule has 0 fully saturated rings. The van der Waals surface area contributed by atoms with Crippen LogP contribution in [0.1, 0.15) is 13.3 Å². The Morgan fingerprint density at radius 1 is 1.57 bits per heavy atom. The Bertz CT molecular complexity index is 312. The fourth-order valence-electron chi connectivity index (χ4n) is 0.868. The van der Waals surface area contributed by atoms with Crippen molar-refractivity contribution in [1.82, 2.24) is 9.97 Å². The minimum absolute atomic E-state index is 0.540. The molecule has 0 aliphatic rings. The first-order valence-corrected chi connectivity index (χ1v) is 4.49. The van der Waals surface area contributed by atoms with Gasteiger partial charge >= 0.3 is 0 Å². The van der Waals surface area contributed by atoms with E-state index in [0.29, 0.717) is 18.3 Å². The second-order valence-electron chi connectivity index (χ2n) is 3.05. The summed E-state index contributed by atoms with van der Waals surface area (Å²) in [6.07, 6.45) is 4.08. The lowest BCUT2D eigenvalue weighted by Gasteiger charge is -2.05. The van der Waals surface area contributed by atoms with Crippen molar-refractivity contribution in [3.8, 4) is 5.88 Å². The average Bonchev–Trinajstić information content (AvgIpc) is 2.18. The quantitative estimate of drug-likeness (QED) is 0.725. The van der Waals surface area contributed by atoms with Crippen LogP contribution >= 0.6 is 0 Å². The first-order valence-electron chi connectivity index (χ1n) is 4.49. The van der Waals surface area contributed by atoms with Crippen molar-refractivity contribution in [2.45, 2.75) is 13.3 Å². The van der Waals surface area contributed by atoms with Crippen LogP contribution in [0.25, 0.3) is 0 Å². The van der Waals surface area contributed by atoms with E-state index in [2.05, 4.69) is 21.9 Å². The summed E-state index contributed by atoms with van der Waals surface area (Å²) in [6.45, 7) is 6.36. The Labute approximate surface area is 84.0 Å². The lowest BCUT2D eigenvalue weighted by Crippen LogP contribution is -2.01. The van der Waals surface area contributed by atoms with Gasteiger partial charge in [0.15, 0.2) is 0 Å². The van der Waals surface area contributed by atoms with Crippen LogP contribution in [0, 0.1) is 0 Å².